The minimum atomic E-state index is 0.552. The van der Waals surface area contributed by atoms with Crippen LogP contribution in [0, 0.1) is 0 Å². The number of likely N-dealkylation sites (N-methyl/N-ethyl adjacent to an activating group) is 1. The smallest absolute Gasteiger partial charge is 0.203 e. The van der Waals surface area contributed by atoms with Crippen molar-refractivity contribution in [3.05, 3.63) is 65.7 Å². The van der Waals surface area contributed by atoms with Crippen molar-refractivity contribution < 1.29 is 18.9 Å². The van der Waals surface area contributed by atoms with Gasteiger partial charge in [0, 0.05) is 44.4 Å². The minimum Gasteiger partial charge on any atom is -0.493 e. The van der Waals surface area contributed by atoms with Crippen molar-refractivity contribution in [2.45, 2.75) is 6.42 Å². The van der Waals surface area contributed by atoms with Crippen LogP contribution in [0.15, 0.2) is 54.6 Å². The highest BCUT2D eigenvalue weighted by Crippen LogP contribution is 2.41. The molecule has 0 saturated carbocycles. The third-order valence-electron chi connectivity index (χ3n) is 7.09. The van der Waals surface area contributed by atoms with Crippen molar-refractivity contribution in [3.63, 3.8) is 0 Å². The predicted octanol–water partition coefficient (Wildman–Crippen LogP) is 4.47. The van der Waals surface area contributed by atoms with E-state index in [0.717, 1.165) is 72.9 Å². The fourth-order valence-corrected chi connectivity index (χ4v) is 4.91. The van der Waals surface area contributed by atoms with Crippen LogP contribution < -0.4 is 18.9 Å². The molecule has 1 N–H and O–H groups in total. The van der Waals surface area contributed by atoms with Gasteiger partial charge in [-0.15, -0.1) is 0 Å². The normalized spacial score (nSPS) is 14.5. The molecule has 1 fully saturated rings. The number of fused-ring (bicyclic) bond motifs is 1. The topological polar surface area (TPSA) is 72.1 Å². The summed E-state index contributed by atoms with van der Waals surface area (Å²) in [6.45, 7) is 5.93. The van der Waals surface area contributed by atoms with Crippen molar-refractivity contribution in [2.75, 3.05) is 67.7 Å². The van der Waals surface area contributed by atoms with Crippen LogP contribution in [0.2, 0.25) is 0 Å². The maximum absolute atomic E-state index is 6.28. The lowest BCUT2D eigenvalue weighted by molar-refractivity contribution is 0.134. The average molecular weight is 517 g/mol. The van der Waals surface area contributed by atoms with Crippen LogP contribution in [-0.2, 0) is 6.42 Å². The molecule has 4 aromatic rings. The van der Waals surface area contributed by atoms with E-state index in [9.17, 15) is 0 Å². The molecule has 0 atom stereocenters. The third kappa shape index (κ3) is 5.71. The largest absolute Gasteiger partial charge is 0.493 e. The van der Waals surface area contributed by atoms with E-state index < -0.39 is 0 Å². The molecule has 0 aliphatic carbocycles. The summed E-state index contributed by atoms with van der Waals surface area (Å²) in [6.07, 6.45) is 0.756. The van der Waals surface area contributed by atoms with E-state index >= 15 is 0 Å². The second-order valence-electron chi connectivity index (χ2n) is 9.63. The second kappa shape index (κ2) is 11.8. The summed E-state index contributed by atoms with van der Waals surface area (Å²) >= 11 is 0. The lowest BCUT2D eigenvalue weighted by Crippen LogP contribution is -2.45. The molecule has 38 heavy (non-hydrogen) atoms. The number of methoxy groups -OCH3 is 3. The van der Waals surface area contributed by atoms with E-state index in [1.54, 1.807) is 21.3 Å². The van der Waals surface area contributed by atoms with Gasteiger partial charge in [-0.25, -0.2) is 4.98 Å². The van der Waals surface area contributed by atoms with Crippen LogP contribution in [0.1, 0.15) is 11.1 Å². The first kappa shape index (κ1) is 25.9. The van der Waals surface area contributed by atoms with Gasteiger partial charge >= 0.3 is 0 Å². The Morgan fingerprint density at radius 2 is 1.58 bits per heavy atom. The molecule has 8 heteroatoms. The third-order valence-corrected chi connectivity index (χ3v) is 7.09. The molecule has 1 saturated heterocycles. The summed E-state index contributed by atoms with van der Waals surface area (Å²) in [5.41, 5.74) is 5.03. The summed E-state index contributed by atoms with van der Waals surface area (Å²) < 4.78 is 22.9. The predicted molar refractivity (Wildman–Crippen MR) is 150 cm³/mol. The van der Waals surface area contributed by atoms with E-state index in [4.69, 9.17) is 23.9 Å². The Bertz CT molecular complexity index is 1340. The number of piperazine rings is 1. The molecule has 1 aliphatic heterocycles. The molecule has 2 heterocycles. The molecular weight excluding hydrogens is 480 g/mol. The molecule has 0 unspecified atom stereocenters. The standard InChI is InChI=1S/C30H36N4O4/c1-33-10-12-34(13-11-33)14-15-38-24-17-22(16-21-8-6-5-7-9-21)28-25(20-24)31-30(32-28)23-18-26(35-2)29(37-4)27(19-23)36-3/h5-9,17-20H,10-16H2,1-4H3,(H,31,32). The minimum absolute atomic E-state index is 0.552. The zero-order valence-electron chi connectivity index (χ0n) is 22.6. The Morgan fingerprint density at radius 3 is 2.24 bits per heavy atom. The van der Waals surface area contributed by atoms with Crippen LogP contribution >= 0.6 is 0 Å². The lowest BCUT2D eigenvalue weighted by Gasteiger charge is -2.32. The number of imidazole rings is 1. The molecule has 1 aromatic heterocycles. The molecule has 0 spiro atoms. The van der Waals surface area contributed by atoms with Crippen molar-refractivity contribution in [3.8, 4) is 34.4 Å². The molecule has 3 aromatic carbocycles. The van der Waals surface area contributed by atoms with Gasteiger partial charge in [0.2, 0.25) is 5.75 Å². The van der Waals surface area contributed by atoms with Gasteiger partial charge in [0.05, 0.1) is 32.4 Å². The number of ether oxygens (including phenoxy) is 4. The van der Waals surface area contributed by atoms with Gasteiger partial charge in [-0.05, 0) is 42.8 Å². The number of nitrogens with one attached hydrogen (secondary N) is 1. The van der Waals surface area contributed by atoms with Gasteiger partial charge in [0.1, 0.15) is 18.2 Å². The molecule has 8 nitrogen and oxygen atoms in total. The number of H-pyrrole nitrogens is 1. The fourth-order valence-electron chi connectivity index (χ4n) is 4.91. The number of hydrogen-bond donors (Lipinski definition) is 1. The van der Waals surface area contributed by atoms with Gasteiger partial charge in [0.15, 0.2) is 11.5 Å². The average Bonchev–Trinajstić information content (AvgIpc) is 3.38. The van der Waals surface area contributed by atoms with Gasteiger partial charge in [0.25, 0.3) is 0 Å². The highest BCUT2D eigenvalue weighted by molar-refractivity contribution is 5.85. The fraction of sp³-hybridized carbons (Fsp3) is 0.367. The first-order valence-electron chi connectivity index (χ1n) is 13.0. The first-order valence-corrected chi connectivity index (χ1v) is 13.0. The Hall–Kier alpha value is -3.75. The molecule has 0 amide bonds. The van der Waals surface area contributed by atoms with E-state index in [-0.39, 0.29) is 0 Å². The van der Waals surface area contributed by atoms with Gasteiger partial charge in [-0.2, -0.15) is 0 Å². The number of benzene rings is 3. The molecule has 200 valence electrons. The van der Waals surface area contributed by atoms with Gasteiger partial charge < -0.3 is 28.8 Å². The number of rotatable bonds is 10. The highest BCUT2D eigenvalue weighted by atomic mass is 16.5. The van der Waals surface area contributed by atoms with Crippen molar-refractivity contribution in [1.29, 1.82) is 0 Å². The molecule has 0 radical (unpaired) electrons. The number of aromatic amines is 1. The van der Waals surface area contributed by atoms with Crippen LogP contribution in [-0.4, -0.2) is 87.5 Å². The van der Waals surface area contributed by atoms with Crippen LogP contribution in [0.3, 0.4) is 0 Å². The van der Waals surface area contributed by atoms with E-state index in [1.165, 1.54) is 5.56 Å². The Balaban J connectivity index is 1.47. The summed E-state index contributed by atoms with van der Waals surface area (Å²) in [4.78, 5) is 13.3. The summed E-state index contributed by atoms with van der Waals surface area (Å²) in [6, 6.07) is 18.4. The number of aromatic nitrogens is 2. The Kier molecular flexibility index (Phi) is 8.00. The maximum atomic E-state index is 6.28. The lowest BCUT2D eigenvalue weighted by atomic mass is 10.0. The molecule has 0 bridgehead atoms. The van der Waals surface area contributed by atoms with Crippen molar-refractivity contribution >= 4 is 11.0 Å². The van der Waals surface area contributed by atoms with Crippen LogP contribution in [0.25, 0.3) is 22.4 Å². The number of nitrogens with zero attached hydrogens (tertiary/aromatic N) is 3. The van der Waals surface area contributed by atoms with E-state index in [2.05, 4.69) is 52.2 Å². The SMILES string of the molecule is COc1cc(-c2nc3c(Cc4ccccc4)cc(OCCN4CCN(C)CC4)cc3[nH]2)cc(OC)c1OC. The second-order valence-corrected chi connectivity index (χ2v) is 9.63. The maximum Gasteiger partial charge on any atom is 0.203 e. The van der Waals surface area contributed by atoms with Crippen LogP contribution in [0.4, 0.5) is 0 Å². The van der Waals surface area contributed by atoms with Crippen molar-refractivity contribution in [2.24, 2.45) is 0 Å². The molecule has 1 aliphatic rings. The zero-order chi connectivity index (χ0) is 26.5. The molecular formula is C30H36N4O4. The van der Waals surface area contributed by atoms with Gasteiger partial charge in [-0.3, -0.25) is 4.90 Å². The number of hydrogen-bond acceptors (Lipinski definition) is 7. The summed E-state index contributed by atoms with van der Waals surface area (Å²) in [5, 5.41) is 0. The quantitative estimate of drug-likeness (QED) is 0.333. The zero-order valence-corrected chi connectivity index (χ0v) is 22.6. The Labute approximate surface area is 224 Å². The summed E-state index contributed by atoms with van der Waals surface area (Å²) in [5.74, 6) is 3.29. The van der Waals surface area contributed by atoms with E-state index in [1.807, 2.05) is 24.3 Å². The molecule has 5 rings (SSSR count). The summed E-state index contributed by atoms with van der Waals surface area (Å²) in [7, 11) is 7.00. The van der Waals surface area contributed by atoms with Crippen molar-refractivity contribution in [1.82, 2.24) is 19.8 Å². The van der Waals surface area contributed by atoms with Gasteiger partial charge in [-0.1, -0.05) is 30.3 Å². The Morgan fingerprint density at radius 1 is 0.868 bits per heavy atom. The first-order chi connectivity index (χ1) is 18.6. The van der Waals surface area contributed by atoms with E-state index in [0.29, 0.717) is 23.9 Å². The van der Waals surface area contributed by atoms with Crippen LogP contribution in [0.5, 0.6) is 23.0 Å². The highest BCUT2D eigenvalue weighted by Gasteiger charge is 2.18. The monoisotopic (exact) mass is 516 g/mol.